The van der Waals surface area contributed by atoms with Crippen LogP contribution < -0.4 is 0 Å². The maximum absolute atomic E-state index is 12.0. The molecule has 2 atom stereocenters. The van der Waals surface area contributed by atoms with Crippen LogP contribution in [0.1, 0.15) is 27.2 Å². The normalized spacial score (nSPS) is 23.9. The summed E-state index contributed by atoms with van der Waals surface area (Å²) < 4.78 is 15.3. The van der Waals surface area contributed by atoms with E-state index in [-0.39, 0.29) is 24.1 Å². The number of hydrogen-bond acceptors (Lipinski definition) is 5. The van der Waals surface area contributed by atoms with Crippen molar-refractivity contribution in [1.82, 2.24) is 4.90 Å². The summed E-state index contributed by atoms with van der Waals surface area (Å²) in [5.74, 6) is -0.621. The Hall–Kier alpha value is -1.30. The van der Waals surface area contributed by atoms with Crippen molar-refractivity contribution in [2.75, 3.05) is 27.3 Å². The number of carbonyl (C=O) groups is 2. The van der Waals surface area contributed by atoms with Crippen LogP contribution in [0.25, 0.3) is 0 Å². The Morgan fingerprint density at radius 2 is 1.84 bits per heavy atom. The third-order valence-electron chi connectivity index (χ3n) is 3.02. The fourth-order valence-corrected chi connectivity index (χ4v) is 2.07. The third kappa shape index (κ3) is 4.38. The zero-order chi connectivity index (χ0) is 14.6. The van der Waals surface area contributed by atoms with Crippen molar-refractivity contribution < 1.29 is 23.8 Å². The van der Waals surface area contributed by atoms with Crippen molar-refractivity contribution in [3.63, 3.8) is 0 Å². The fourth-order valence-electron chi connectivity index (χ4n) is 2.07. The van der Waals surface area contributed by atoms with Gasteiger partial charge in [-0.15, -0.1) is 0 Å². The molecule has 0 bridgehead atoms. The lowest BCUT2D eigenvalue weighted by Gasteiger charge is -2.36. The summed E-state index contributed by atoms with van der Waals surface area (Å²) in [6.07, 6.45) is -0.212. The molecule has 1 saturated heterocycles. The highest BCUT2D eigenvalue weighted by Gasteiger charge is 2.37. The predicted octanol–water partition coefficient (Wildman–Crippen LogP) is 1.43. The molecule has 1 aliphatic heterocycles. The zero-order valence-electron chi connectivity index (χ0n) is 12.3. The summed E-state index contributed by atoms with van der Waals surface area (Å²) in [7, 11) is 2.88. The molecule has 0 saturated carbocycles. The van der Waals surface area contributed by atoms with E-state index in [2.05, 4.69) is 0 Å². The van der Waals surface area contributed by atoms with Crippen molar-refractivity contribution in [1.29, 1.82) is 0 Å². The van der Waals surface area contributed by atoms with E-state index in [1.54, 1.807) is 4.90 Å². The Morgan fingerprint density at radius 1 is 1.21 bits per heavy atom. The first-order valence-electron chi connectivity index (χ1n) is 6.37. The monoisotopic (exact) mass is 273 g/mol. The van der Waals surface area contributed by atoms with Gasteiger partial charge in [-0.1, -0.05) is 0 Å². The van der Waals surface area contributed by atoms with Gasteiger partial charge in [-0.2, -0.15) is 0 Å². The van der Waals surface area contributed by atoms with E-state index >= 15 is 0 Å². The fraction of sp³-hybridized carbons (Fsp3) is 0.846. The van der Waals surface area contributed by atoms with Gasteiger partial charge in [-0.3, -0.25) is 4.79 Å². The van der Waals surface area contributed by atoms with Gasteiger partial charge in [-0.05, 0) is 27.2 Å². The van der Waals surface area contributed by atoms with Gasteiger partial charge in [0.25, 0.3) is 0 Å². The van der Waals surface area contributed by atoms with E-state index < -0.39 is 5.60 Å². The first kappa shape index (κ1) is 15.8. The lowest BCUT2D eigenvalue weighted by atomic mass is 9.94. The van der Waals surface area contributed by atoms with Crippen molar-refractivity contribution in [2.24, 2.45) is 5.92 Å². The van der Waals surface area contributed by atoms with Crippen LogP contribution in [0.2, 0.25) is 0 Å². The number of likely N-dealkylation sites (tertiary alicyclic amines) is 1. The molecular formula is C13H23NO5. The average Bonchev–Trinajstić information content (AvgIpc) is 2.35. The number of amides is 1. The smallest absolute Gasteiger partial charge is 0.410 e. The van der Waals surface area contributed by atoms with Gasteiger partial charge in [0.15, 0.2) is 0 Å². The topological polar surface area (TPSA) is 65.1 Å². The molecule has 110 valence electrons. The van der Waals surface area contributed by atoms with Crippen molar-refractivity contribution >= 4 is 12.1 Å². The molecule has 1 heterocycles. The van der Waals surface area contributed by atoms with Crippen LogP contribution in [-0.4, -0.2) is 56.0 Å². The first-order valence-corrected chi connectivity index (χ1v) is 6.37. The highest BCUT2D eigenvalue weighted by molar-refractivity contribution is 5.74. The van der Waals surface area contributed by atoms with E-state index in [4.69, 9.17) is 14.2 Å². The predicted molar refractivity (Wildman–Crippen MR) is 68.7 cm³/mol. The molecule has 19 heavy (non-hydrogen) atoms. The van der Waals surface area contributed by atoms with E-state index in [0.29, 0.717) is 19.5 Å². The molecule has 0 aromatic carbocycles. The number of esters is 1. The van der Waals surface area contributed by atoms with E-state index in [0.717, 1.165) is 0 Å². The molecule has 1 aliphatic rings. The summed E-state index contributed by atoms with van der Waals surface area (Å²) in [6.45, 7) is 6.26. The van der Waals surface area contributed by atoms with Gasteiger partial charge >= 0.3 is 12.1 Å². The maximum atomic E-state index is 12.0. The minimum absolute atomic E-state index is 0.296. The number of nitrogens with zero attached hydrogens (tertiary/aromatic N) is 1. The maximum Gasteiger partial charge on any atom is 0.410 e. The Morgan fingerprint density at radius 3 is 2.32 bits per heavy atom. The van der Waals surface area contributed by atoms with Crippen molar-refractivity contribution in [3.05, 3.63) is 0 Å². The summed E-state index contributed by atoms with van der Waals surface area (Å²) >= 11 is 0. The molecule has 1 rings (SSSR count). The summed E-state index contributed by atoms with van der Waals surface area (Å²) in [5, 5.41) is 0. The van der Waals surface area contributed by atoms with E-state index in [1.165, 1.54) is 14.2 Å². The second-order valence-electron chi connectivity index (χ2n) is 5.62. The first-order chi connectivity index (χ1) is 8.78. The Labute approximate surface area is 114 Å². The molecule has 0 unspecified atom stereocenters. The quantitative estimate of drug-likeness (QED) is 0.712. The van der Waals surface area contributed by atoms with Crippen LogP contribution in [0.3, 0.4) is 0 Å². The second-order valence-corrected chi connectivity index (χ2v) is 5.62. The number of carbonyl (C=O) groups excluding carboxylic acids is 2. The minimum Gasteiger partial charge on any atom is -0.469 e. The largest absolute Gasteiger partial charge is 0.469 e. The van der Waals surface area contributed by atoms with Gasteiger partial charge < -0.3 is 19.1 Å². The van der Waals surface area contributed by atoms with Crippen LogP contribution in [0.4, 0.5) is 4.79 Å². The molecule has 1 fully saturated rings. The summed E-state index contributed by atoms with van der Waals surface area (Å²) in [4.78, 5) is 25.1. The molecule has 1 amide bonds. The molecule has 0 radical (unpaired) electrons. The molecule has 0 aromatic heterocycles. The highest BCUT2D eigenvalue weighted by atomic mass is 16.6. The molecule has 0 N–H and O–H groups in total. The molecule has 0 aliphatic carbocycles. The molecular weight excluding hydrogens is 250 g/mol. The summed E-state index contributed by atoms with van der Waals surface area (Å²) in [5.41, 5.74) is -0.529. The van der Waals surface area contributed by atoms with Crippen LogP contribution in [0.5, 0.6) is 0 Å². The van der Waals surface area contributed by atoms with Gasteiger partial charge in [0.1, 0.15) is 5.60 Å². The Balaban J connectivity index is 2.64. The van der Waals surface area contributed by atoms with E-state index in [1.807, 2.05) is 20.8 Å². The average molecular weight is 273 g/mol. The number of ether oxygens (including phenoxy) is 3. The second kappa shape index (κ2) is 6.23. The molecule has 6 heteroatoms. The molecule has 0 spiro atoms. The summed E-state index contributed by atoms with van der Waals surface area (Å²) in [6, 6.07) is 0. The number of piperidine rings is 1. The van der Waals surface area contributed by atoms with Crippen molar-refractivity contribution in [2.45, 2.75) is 38.9 Å². The highest BCUT2D eigenvalue weighted by Crippen LogP contribution is 2.23. The lowest BCUT2D eigenvalue weighted by molar-refractivity contribution is -0.153. The standard InChI is InChI=1S/C13H23NO5/c1-13(2,3)19-12(16)14-7-6-9(11(15)18-5)10(8-14)17-4/h9-10H,6-8H2,1-5H3/t9-,10-/m0/s1. The SMILES string of the molecule is COC(=O)[C@H]1CCN(C(=O)OC(C)(C)C)C[C@@H]1OC. The van der Waals surface area contributed by atoms with E-state index in [9.17, 15) is 9.59 Å². The molecule has 0 aromatic rings. The van der Waals surface area contributed by atoms with Gasteiger partial charge in [0.2, 0.25) is 0 Å². The van der Waals surface area contributed by atoms with Crippen LogP contribution in [0.15, 0.2) is 0 Å². The van der Waals surface area contributed by atoms with Crippen LogP contribution >= 0.6 is 0 Å². The van der Waals surface area contributed by atoms with Crippen LogP contribution in [0, 0.1) is 5.92 Å². The Bertz CT molecular complexity index is 336. The van der Waals surface area contributed by atoms with Gasteiger partial charge in [-0.25, -0.2) is 4.79 Å². The van der Waals surface area contributed by atoms with Gasteiger partial charge in [0, 0.05) is 13.7 Å². The number of rotatable bonds is 2. The third-order valence-corrected chi connectivity index (χ3v) is 3.02. The van der Waals surface area contributed by atoms with Crippen LogP contribution in [-0.2, 0) is 19.0 Å². The zero-order valence-corrected chi connectivity index (χ0v) is 12.3. The lowest BCUT2D eigenvalue weighted by Crippen LogP contribution is -2.51. The van der Waals surface area contributed by atoms with Crippen molar-refractivity contribution in [3.8, 4) is 0 Å². The number of methoxy groups -OCH3 is 2. The van der Waals surface area contributed by atoms with Gasteiger partial charge in [0.05, 0.1) is 25.7 Å². The Kier molecular flexibility index (Phi) is 5.17. The minimum atomic E-state index is -0.529. The number of hydrogen-bond donors (Lipinski definition) is 0. The molecule has 6 nitrogen and oxygen atoms in total.